The van der Waals surface area contributed by atoms with Crippen molar-refractivity contribution >= 4 is 0 Å². The zero-order valence-electron chi connectivity index (χ0n) is 8.60. The lowest BCUT2D eigenvalue weighted by atomic mass is 9.98. The van der Waals surface area contributed by atoms with Gasteiger partial charge in [0.05, 0.1) is 0 Å². The minimum atomic E-state index is 0.895. The predicted molar refractivity (Wildman–Crippen MR) is 54.3 cm³/mol. The second kappa shape index (κ2) is 5.58. The summed E-state index contributed by atoms with van der Waals surface area (Å²) >= 11 is 0. The molecule has 1 heterocycles. The van der Waals surface area contributed by atoms with Gasteiger partial charge in [0.1, 0.15) is 0 Å². The van der Waals surface area contributed by atoms with Crippen LogP contribution in [0.25, 0.3) is 0 Å². The molecule has 1 N–H and O–H groups in total. The molecule has 0 aromatic rings. The highest BCUT2D eigenvalue weighted by atomic mass is 14.9. The quantitative estimate of drug-likeness (QED) is 0.624. The molecule has 0 amide bonds. The second-order valence-electron chi connectivity index (χ2n) is 4.54. The maximum atomic E-state index is 3.42. The van der Waals surface area contributed by atoms with Crippen molar-refractivity contribution in [3.63, 3.8) is 0 Å². The fraction of sp³-hybridized carbons (Fsp3) is 1.00. The first-order valence-corrected chi connectivity index (χ1v) is 5.49. The monoisotopic (exact) mass is 169 g/mol. The highest BCUT2D eigenvalue weighted by Gasteiger charge is 2.13. The fourth-order valence-electron chi connectivity index (χ4n) is 1.95. The van der Waals surface area contributed by atoms with Gasteiger partial charge < -0.3 is 5.32 Å². The van der Waals surface area contributed by atoms with E-state index in [4.69, 9.17) is 0 Å². The molecular weight excluding hydrogens is 146 g/mol. The molecule has 1 fully saturated rings. The Hall–Kier alpha value is -0.0400. The van der Waals surface area contributed by atoms with Crippen LogP contribution in [0.2, 0.25) is 0 Å². The Morgan fingerprint density at radius 3 is 2.75 bits per heavy atom. The fourth-order valence-corrected chi connectivity index (χ4v) is 1.95. The first-order chi connectivity index (χ1) is 5.79. The SMILES string of the molecule is CC(C)CCCCC1CCNC1. The van der Waals surface area contributed by atoms with E-state index in [1.807, 2.05) is 0 Å². The number of rotatable bonds is 5. The molecule has 1 saturated heterocycles. The van der Waals surface area contributed by atoms with Crippen molar-refractivity contribution in [1.82, 2.24) is 5.32 Å². The summed E-state index contributed by atoms with van der Waals surface area (Å²) in [5.74, 6) is 1.89. The molecule has 1 unspecified atom stereocenters. The van der Waals surface area contributed by atoms with Gasteiger partial charge in [-0.15, -0.1) is 0 Å². The van der Waals surface area contributed by atoms with Crippen LogP contribution >= 0.6 is 0 Å². The molecule has 0 radical (unpaired) electrons. The number of unbranched alkanes of at least 4 members (excludes halogenated alkanes) is 1. The van der Waals surface area contributed by atoms with Crippen molar-refractivity contribution < 1.29 is 0 Å². The first-order valence-electron chi connectivity index (χ1n) is 5.49. The standard InChI is InChI=1S/C11H23N/c1-10(2)5-3-4-6-11-7-8-12-9-11/h10-12H,3-9H2,1-2H3. The van der Waals surface area contributed by atoms with E-state index in [-0.39, 0.29) is 0 Å². The van der Waals surface area contributed by atoms with Crippen LogP contribution in [-0.2, 0) is 0 Å². The van der Waals surface area contributed by atoms with E-state index in [0.29, 0.717) is 0 Å². The summed E-state index contributed by atoms with van der Waals surface area (Å²) in [7, 11) is 0. The molecule has 1 nitrogen and oxygen atoms in total. The van der Waals surface area contributed by atoms with E-state index in [1.165, 1.54) is 45.2 Å². The average Bonchev–Trinajstić information content (AvgIpc) is 2.49. The molecule has 1 heteroatoms. The van der Waals surface area contributed by atoms with Gasteiger partial charge in [0, 0.05) is 0 Å². The zero-order valence-corrected chi connectivity index (χ0v) is 8.60. The summed E-state index contributed by atoms with van der Waals surface area (Å²) in [5, 5.41) is 3.42. The summed E-state index contributed by atoms with van der Waals surface area (Å²) in [6.07, 6.45) is 7.18. The third kappa shape index (κ3) is 4.10. The van der Waals surface area contributed by atoms with Crippen LogP contribution in [0.4, 0.5) is 0 Å². The van der Waals surface area contributed by atoms with E-state index in [1.54, 1.807) is 0 Å². The van der Waals surface area contributed by atoms with Gasteiger partial charge >= 0.3 is 0 Å². The van der Waals surface area contributed by atoms with Gasteiger partial charge in [-0.1, -0.05) is 33.1 Å². The largest absolute Gasteiger partial charge is 0.316 e. The second-order valence-corrected chi connectivity index (χ2v) is 4.54. The van der Waals surface area contributed by atoms with Crippen LogP contribution in [-0.4, -0.2) is 13.1 Å². The third-order valence-corrected chi connectivity index (χ3v) is 2.81. The topological polar surface area (TPSA) is 12.0 Å². The molecule has 0 bridgehead atoms. The summed E-state index contributed by atoms with van der Waals surface area (Å²) in [5.41, 5.74) is 0. The molecule has 0 aromatic carbocycles. The molecular formula is C11H23N. The molecule has 1 aliphatic heterocycles. The lowest BCUT2D eigenvalue weighted by molar-refractivity contribution is 0.462. The van der Waals surface area contributed by atoms with Gasteiger partial charge in [-0.3, -0.25) is 0 Å². The molecule has 0 saturated carbocycles. The highest BCUT2D eigenvalue weighted by Crippen LogP contribution is 2.17. The molecule has 0 aliphatic carbocycles. The van der Waals surface area contributed by atoms with Crippen LogP contribution in [0.3, 0.4) is 0 Å². The molecule has 1 rings (SSSR count). The van der Waals surface area contributed by atoms with E-state index in [0.717, 1.165) is 11.8 Å². The first kappa shape index (κ1) is 10.0. The lowest BCUT2D eigenvalue weighted by Gasteiger charge is -2.08. The van der Waals surface area contributed by atoms with Crippen molar-refractivity contribution in [3.8, 4) is 0 Å². The minimum absolute atomic E-state index is 0.895. The lowest BCUT2D eigenvalue weighted by Crippen LogP contribution is -2.08. The summed E-state index contributed by atoms with van der Waals surface area (Å²) in [6.45, 7) is 7.17. The van der Waals surface area contributed by atoms with Crippen LogP contribution in [0.15, 0.2) is 0 Å². The molecule has 0 aromatic heterocycles. The Bertz CT molecular complexity index is 104. The van der Waals surface area contributed by atoms with Crippen molar-refractivity contribution in [1.29, 1.82) is 0 Å². The Balaban J connectivity index is 1.88. The summed E-state index contributed by atoms with van der Waals surface area (Å²) in [6, 6.07) is 0. The van der Waals surface area contributed by atoms with Crippen LogP contribution in [0.5, 0.6) is 0 Å². The van der Waals surface area contributed by atoms with E-state index < -0.39 is 0 Å². The Kier molecular flexibility index (Phi) is 4.67. The number of hydrogen-bond donors (Lipinski definition) is 1. The zero-order chi connectivity index (χ0) is 8.81. The smallest absolute Gasteiger partial charge is 0.00200 e. The maximum absolute atomic E-state index is 3.42. The normalized spacial score (nSPS) is 23.8. The van der Waals surface area contributed by atoms with Gasteiger partial charge in [0.2, 0.25) is 0 Å². The summed E-state index contributed by atoms with van der Waals surface area (Å²) in [4.78, 5) is 0. The van der Waals surface area contributed by atoms with Crippen molar-refractivity contribution in [2.45, 2.75) is 46.0 Å². The van der Waals surface area contributed by atoms with Crippen molar-refractivity contribution in [2.75, 3.05) is 13.1 Å². The summed E-state index contributed by atoms with van der Waals surface area (Å²) < 4.78 is 0. The van der Waals surface area contributed by atoms with Gasteiger partial charge in [0.25, 0.3) is 0 Å². The molecule has 72 valence electrons. The molecule has 1 aliphatic rings. The van der Waals surface area contributed by atoms with Crippen LogP contribution in [0.1, 0.15) is 46.0 Å². The van der Waals surface area contributed by atoms with Gasteiger partial charge in [-0.2, -0.15) is 0 Å². The van der Waals surface area contributed by atoms with Gasteiger partial charge in [-0.25, -0.2) is 0 Å². The molecule has 12 heavy (non-hydrogen) atoms. The van der Waals surface area contributed by atoms with E-state index in [2.05, 4.69) is 19.2 Å². The number of nitrogens with one attached hydrogen (secondary N) is 1. The van der Waals surface area contributed by atoms with Crippen molar-refractivity contribution in [2.24, 2.45) is 11.8 Å². The van der Waals surface area contributed by atoms with E-state index >= 15 is 0 Å². The molecule has 0 spiro atoms. The Morgan fingerprint density at radius 1 is 1.33 bits per heavy atom. The van der Waals surface area contributed by atoms with Crippen LogP contribution < -0.4 is 5.32 Å². The number of hydrogen-bond acceptors (Lipinski definition) is 1. The third-order valence-electron chi connectivity index (χ3n) is 2.81. The van der Waals surface area contributed by atoms with Gasteiger partial charge in [0.15, 0.2) is 0 Å². The van der Waals surface area contributed by atoms with Crippen LogP contribution in [0, 0.1) is 11.8 Å². The molecule has 1 atom stereocenters. The van der Waals surface area contributed by atoms with E-state index in [9.17, 15) is 0 Å². The minimum Gasteiger partial charge on any atom is -0.316 e. The highest BCUT2D eigenvalue weighted by molar-refractivity contribution is 4.70. The Morgan fingerprint density at radius 2 is 2.17 bits per heavy atom. The predicted octanol–water partition coefficient (Wildman–Crippen LogP) is 2.81. The Labute approximate surface area is 76.9 Å². The maximum Gasteiger partial charge on any atom is -0.00200 e. The van der Waals surface area contributed by atoms with Crippen molar-refractivity contribution in [3.05, 3.63) is 0 Å². The van der Waals surface area contributed by atoms with Gasteiger partial charge in [-0.05, 0) is 37.8 Å². The average molecular weight is 169 g/mol.